The van der Waals surface area contributed by atoms with E-state index in [1.165, 1.54) is 0 Å². The second-order valence-corrected chi connectivity index (χ2v) is 6.14. The summed E-state index contributed by atoms with van der Waals surface area (Å²) in [6.45, 7) is 0.733. The van der Waals surface area contributed by atoms with Crippen molar-refractivity contribution < 1.29 is 19.1 Å². The molecule has 0 unspecified atom stereocenters. The molecular formula is C20H22N2O4. The maximum Gasteiger partial charge on any atom is 0.227 e. The summed E-state index contributed by atoms with van der Waals surface area (Å²) in [7, 11) is 3.18. The van der Waals surface area contributed by atoms with Gasteiger partial charge >= 0.3 is 0 Å². The van der Waals surface area contributed by atoms with Crippen molar-refractivity contribution in [3.63, 3.8) is 0 Å². The Labute approximate surface area is 152 Å². The minimum atomic E-state index is -0.372. The van der Waals surface area contributed by atoms with Crippen LogP contribution >= 0.6 is 0 Å². The second kappa shape index (κ2) is 7.91. The van der Waals surface area contributed by atoms with Crippen molar-refractivity contribution in [3.05, 3.63) is 54.1 Å². The summed E-state index contributed by atoms with van der Waals surface area (Å²) in [5, 5.41) is 2.91. The quantitative estimate of drug-likeness (QED) is 0.865. The molecule has 0 spiro atoms. The van der Waals surface area contributed by atoms with Gasteiger partial charge in [0.1, 0.15) is 11.5 Å². The Balaban J connectivity index is 1.63. The molecule has 2 aromatic carbocycles. The predicted molar refractivity (Wildman–Crippen MR) is 98.3 cm³/mol. The van der Waals surface area contributed by atoms with Gasteiger partial charge in [-0.15, -0.1) is 0 Å². The first-order chi connectivity index (χ1) is 12.6. The zero-order chi connectivity index (χ0) is 18.5. The molecule has 1 heterocycles. The van der Waals surface area contributed by atoms with Gasteiger partial charge in [-0.1, -0.05) is 24.3 Å². The number of carbonyl (C=O) groups is 2. The topological polar surface area (TPSA) is 67.9 Å². The summed E-state index contributed by atoms with van der Waals surface area (Å²) in [6, 6.07) is 14.8. The van der Waals surface area contributed by atoms with Gasteiger partial charge in [-0.05, 0) is 18.2 Å². The van der Waals surface area contributed by atoms with Crippen LogP contribution in [0.15, 0.2) is 48.5 Å². The third-order valence-electron chi connectivity index (χ3n) is 4.51. The van der Waals surface area contributed by atoms with Gasteiger partial charge in [-0.3, -0.25) is 9.59 Å². The molecule has 2 amide bonds. The van der Waals surface area contributed by atoms with Crippen LogP contribution in [0.25, 0.3) is 0 Å². The standard InChI is InChI=1S/C20H22N2O4/c1-25-17-8-5-7-16(11-17)22-13-15(10-19(22)23)20(24)21-12-14-6-3-4-9-18(14)26-2/h3-9,11,15H,10,12-13H2,1-2H3,(H,21,24)/t15-/m0/s1. The van der Waals surface area contributed by atoms with E-state index >= 15 is 0 Å². The van der Waals surface area contributed by atoms with Crippen LogP contribution in [0, 0.1) is 5.92 Å². The smallest absolute Gasteiger partial charge is 0.227 e. The van der Waals surface area contributed by atoms with Crippen LogP contribution in [0.3, 0.4) is 0 Å². The lowest BCUT2D eigenvalue weighted by Gasteiger charge is -2.17. The summed E-state index contributed by atoms with van der Waals surface area (Å²) in [6.07, 6.45) is 0.203. The zero-order valence-electron chi connectivity index (χ0n) is 14.9. The Hall–Kier alpha value is -3.02. The first-order valence-corrected chi connectivity index (χ1v) is 8.46. The van der Waals surface area contributed by atoms with Crippen LogP contribution in [0.1, 0.15) is 12.0 Å². The molecule has 1 aliphatic heterocycles. The number of rotatable bonds is 6. The molecule has 2 aromatic rings. The average molecular weight is 354 g/mol. The first kappa shape index (κ1) is 17.8. The molecular weight excluding hydrogens is 332 g/mol. The molecule has 0 bridgehead atoms. The number of ether oxygens (including phenoxy) is 2. The van der Waals surface area contributed by atoms with Crippen LogP contribution in [0.4, 0.5) is 5.69 Å². The predicted octanol–water partition coefficient (Wildman–Crippen LogP) is 2.37. The monoisotopic (exact) mass is 354 g/mol. The molecule has 136 valence electrons. The highest BCUT2D eigenvalue weighted by atomic mass is 16.5. The van der Waals surface area contributed by atoms with Crippen molar-refractivity contribution in [2.75, 3.05) is 25.7 Å². The van der Waals surface area contributed by atoms with Gasteiger partial charge in [0.15, 0.2) is 0 Å². The molecule has 1 saturated heterocycles. The lowest BCUT2D eigenvalue weighted by molar-refractivity contribution is -0.126. The zero-order valence-corrected chi connectivity index (χ0v) is 14.9. The molecule has 0 saturated carbocycles. The van der Waals surface area contributed by atoms with Crippen molar-refractivity contribution in [3.8, 4) is 11.5 Å². The minimum Gasteiger partial charge on any atom is -0.497 e. The highest BCUT2D eigenvalue weighted by Gasteiger charge is 2.35. The fourth-order valence-electron chi connectivity index (χ4n) is 3.09. The maximum absolute atomic E-state index is 12.5. The molecule has 0 aromatic heterocycles. The SMILES string of the molecule is COc1cccc(N2C[C@@H](C(=O)NCc3ccccc3OC)CC2=O)c1. The molecule has 6 heteroatoms. The highest BCUT2D eigenvalue weighted by Crippen LogP contribution is 2.28. The number of para-hydroxylation sites is 1. The average Bonchev–Trinajstić information content (AvgIpc) is 3.08. The van der Waals surface area contributed by atoms with Gasteiger partial charge in [0, 0.05) is 36.8 Å². The van der Waals surface area contributed by atoms with Crippen molar-refractivity contribution in [2.45, 2.75) is 13.0 Å². The van der Waals surface area contributed by atoms with E-state index in [0.717, 1.165) is 17.0 Å². The number of carbonyl (C=O) groups excluding carboxylic acids is 2. The third-order valence-corrected chi connectivity index (χ3v) is 4.51. The normalized spacial score (nSPS) is 16.5. The summed E-state index contributed by atoms with van der Waals surface area (Å²) < 4.78 is 10.5. The number of nitrogens with zero attached hydrogens (tertiary/aromatic N) is 1. The summed E-state index contributed by atoms with van der Waals surface area (Å²) in [5.41, 5.74) is 1.65. The molecule has 1 N–H and O–H groups in total. The Morgan fingerprint density at radius 1 is 1.15 bits per heavy atom. The van der Waals surface area contributed by atoms with Crippen molar-refractivity contribution in [2.24, 2.45) is 5.92 Å². The van der Waals surface area contributed by atoms with E-state index in [2.05, 4.69) is 5.32 Å². The van der Waals surface area contributed by atoms with E-state index < -0.39 is 0 Å². The number of hydrogen-bond acceptors (Lipinski definition) is 4. The van der Waals surface area contributed by atoms with Crippen LogP contribution in [-0.4, -0.2) is 32.6 Å². The van der Waals surface area contributed by atoms with E-state index in [9.17, 15) is 9.59 Å². The molecule has 0 aliphatic carbocycles. The van der Waals surface area contributed by atoms with Gasteiger partial charge in [0.2, 0.25) is 11.8 Å². The minimum absolute atomic E-state index is 0.0595. The van der Waals surface area contributed by atoms with Crippen LogP contribution < -0.4 is 19.7 Å². The van der Waals surface area contributed by atoms with Gasteiger partial charge < -0.3 is 19.7 Å². The Kier molecular flexibility index (Phi) is 5.41. The summed E-state index contributed by atoms with van der Waals surface area (Å²) in [5.74, 6) is 0.849. The van der Waals surface area contributed by atoms with Crippen molar-refractivity contribution in [1.82, 2.24) is 5.32 Å². The van der Waals surface area contributed by atoms with Crippen molar-refractivity contribution in [1.29, 1.82) is 0 Å². The molecule has 1 aliphatic rings. The Morgan fingerprint density at radius 3 is 2.73 bits per heavy atom. The lowest BCUT2D eigenvalue weighted by Crippen LogP contribution is -2.32. The van der Waals surface area contributed by atoms with Crippen LogP contribution in [0.2, 0.25) is 0 Å². The molecule has 1 fully saturated rings. The summed E-state index contributed by atoms with van der Waals surface area (Å²) in [4.78, 5) is 26.5. The van der Waals surface area contributed by atoms with E-state index in [0.29, 0.717) is 18.8 Å². The number of methoxy groups -OCH3 is 2. The first-order valence-electron chi connectivity index (χ1n) is 8.46. The Morgan fingerprint density at radius 2 is 1.96 bits per heavy atom. The highest BCUT2D eigenvalue weighted by molar-refractivity contribution is 6.00. The molecule has 6 nitrogen and oxygen atoms in total. The number of amides is 2. The van der Waals surface area contributed by atoms with Gasteiger partial charge in [0.05, 0.1) is 20.1 Å². The second-order valence-electron chi connectivity index (χ2n) is 6.14. The largest absolute Gasteiger partial charge is 0.497 e. The van der Waals surface area contributed by atoms with E-state index in [1.54, 1.807) is 25.2 Å². The van der Waals surface area contributed by atoms with Crippen LogP contribution in [-0.2, 0) is 16.1 Å². The fourth-order valence-corrected chi connectivity index (χ4v) is 3.09. The van der Waals surface area contributed by atoms with Gasteiger partial charge in [0.25, 0.3) is 0 Å². The van der Waals surface area contributed by atoms with E-state index in [-0.39, 0.29) is 24.2 Å². The molecule has 3 rings (SSSR count). The maximum atomic E-state index is 12.5. The number of hydrogen-bond donors (Lipinski definition) is 1. The van der Waals surface area contributed by atoms with Gasteiger partial charge in [-0.25, -0.2) is 0 Å². The Bertz CT molecular complexity index is 806. The van der Waals surface area contributed by atoms with Crippen molar-refractivity contribution >= 4 is 17.5 Å². The van der Waals surface area contributed by atoms with Crippen LogP contribution in [0.5, 0.6) is 11.5 Å². The number of anilines is 1. The molecule has 26 heavy (non-hydrogen) atoms. The number of benzene rings is 2. The molecule has 0 radical (unpaired) electrons. The number of nitrogens with one attached hydrogen (secondary N) is 1. The fraction of sp³-hybridized carbons (Fsp3) is 0.300. The van der Waals surface area contributed by atoms with E-state index in [1.807, 2.05) is 42.5 Å². The molecule has 1 atom stereocenters. The summed E-state index contributed by atoms with van der Waals surface area (Å²) >= 11 is 0. The lowest BCUT2D eigenvalue weighted by atomic mass is 10.1. The van der Waals surface area contributed by atoms with E-state index in [4.69, 9.17) is 9.47 Å². The third kappa shape index (κ3) is 3.79. The van der Waals surface area contributed by atoms with Gasteiger partial charge in [-0.2, -0.15) is 0 Å².